The van der Waals surface area contributed by atoms with Gasteiger partial charge in [0.05, 0.1) is 11.6 Å². The molecular formula is C24H29NO4. The first-order chi connectivity index (χ1) is 13.7. The molecule has 0 saturated carbocycles. The topological polar surface area (TPSA) is 66.8 Å². The van der Waals surface area contributed by atoms with Crippen LogP contribution in [0.2, 0.25) is 0 Å². The van der Waals surface area contributed by atoms with Crippen molar-refractivity contribution < 1.29 is 19.4 Å². The number of carboxylic acids is 1. The Kier molecular flexibility index (Phi) is 6.26. The highest BCUT2D eigenvalue weighted by molar-refractivity contribution is 5.89. The maximum Gasteiger partial charge on any atom is 0.410 e. The van der Waals surface area contributed by atoms with Gasteiger partial charge in [-0.3, -0.25) is 0 Å². The predicted octanol–water partition coefficient (Wildman–Crippen LogP) is 5.90. The second-order valence-electron chi connectivity index (χ2n) is 8.55. The first-order valence-electron chi connectivity index (χ1n) is 10.2. The summed E-state index contributed by atoms with van der Waals surface area (Å²) in [5, 5.41) is 9.28. The van der Waals surface area contributed by atoms with Gasteiger partial charge in [0.1, 0.15) is 5.60 Å². The van der Waals surface area contributed by atoms with Crippen LogP contribution in [0.15, 0.2) is 48.5 Å². The van der Waals surface area contributed by atoms with E-state index < -0.39 is 11.6 Å². The Morgan fingerprint density at radius 1 is 1.00 bits per heavy atom. The second-order valence-corrected chi connectivity index (χ2v) is 8.55. The average Bonchev–Trinajstić information content (AvgIpc) is 2.93. The Balaban J connectivity index is 1.93. The van der Waals surface area contributed by atoms with Crippen molar-refractivity contribution in [3.05, 3.63) is 59.7 Å². The van der Waals surface area contributed by atoms with E-state index in [4.69, 9.17) is 4.74 Å². The molecule has 0 aromatic heterocycles. The molecule has 2 aromatic carbocycles. The molecule has 1 aliphatic heterocycles. The highest BCUT2D eigenvalue weighted by atomic mass is 16.6. The summed E-state index contributed by atoms with van der Waals surface area (Å²) in [5.41, 5.74) is 2.57. The van der Waals surface area contributed by atoms with E-state index in [9.17, 15) is 14.7 Å². The number of hydrogen-bond donors (Lipinski definition) is 1. The van der Waals surface area contributed by atoms with Crippen molar-refractivity contribution in [1.82, 2.24) is 4.90 Å². The maximum absolute atomic E-state index is 12.9. The third kappa shape index (κ3) is 5.37. The molecule has 5 heteroatoms. The zero-order valence-electron chi connectivity index (χ0n) is 17.4. The number of nitrogens with zero attached hydrogens (tertiary/aromatic N) is 1. The van der Waals surface area contributed by atoms with Gasteiger partial charge >= 0.3 is 12.1 Å². The number of carbonyl (C=O) groups is 2. The van der Waals surface area contributed by atoms with Gasteiger partial charge in [-0.25, -0.2) is 9.59 Å². The van der Waals surface area contributed by atoms with E-state index in [1.807, 2.05) is 49.9 Å². The number of rotatable bonds is 3. The molecule has 0 bridgehead atoms. The van der Waals surface area contributed by atoms with Crippen molar-refractivity contribution in [2.45, 2.75) is 58.1 Å². The first-order valence-corrected chi connectivity index (χ1v) is 10.2. The van der Waals surface area contributed by atoms with E-state index in [1.54, 1.807) is 18.2 Å². The van der Waals surface area contributed by atoms with E-state index in [0.717, 1.165) is 42.4 Å². The summed E-state index contributed by atoms with van der Waals surface area (Å²) in [6.45, 7) is 6.33. The van der Waals surface area contributed by atoms with Crippen LogP contribution in [-0.2, 0) is 4.74 Å². The minimum atomic E-state index is -0.942. The summed E-state index contributed by atoms with van der Waals surface area (Å²) in [6, 6.07) is 14.9. The lowest BCUT2D eigenvalue weighted by Crippen LogP contribution is -2.39. The summed E-state index contributed by atoms with van der Waals surface area (Å²) in [5.74, 6) is -0.942. The predicted molar refractivity (Wildman–Crippen MR) is 113 cm³/mol. The van der Waals surface area contributed by atoms with Crippen LogP contribution in [0.1, 0.15) is 68.4 Å². The van der Waals surface area contributed by atoms with Crippen LogP contribution in [-0.4, -0.2) is 34.2 Å². The standard InChI is InChI=1S/C24H29NO4/c1-24(2,3)29-23(28)25-14-6-4-5-13-21(25)19-11-7-9-17(15-19)18-10-8-12-20(16-18)22(26)27/h7-12,15-16,21H,4-6,13-14H2,1-3H3,(H,26,27). The van der Waals surface area contributed by atoms with Gasteiger partial charge in [-0.05, 0) is 68.5 Å². The van der Waals surface area contributed by atoms with Crippen molar-refractivity contribution in [2.75, 3.05) is 6.54 Å². The molecule has 29 heavy (non-hydrogen) atoms. The highest BCUT2D eigenvalue weighted by Gasteiger charge is 2.30. The molecule has 0 radical (unpaired) electrons. The zero-order chi connectivity index (χ0) is 21.0. The number of carboxylic acid groups (broad SMARTS) is 1. The summed E-state index contributed by atoms with van der Waals surface area (Å²) >= 11 is 0. The van der Waals surface area contributed by atoms with Gasteiger partial charge in [0.15, 0.2) is 0 Å². The van der Waals surface area contributed by atoms with Crippen LogP contribution in [0.4, 0.5) is 4.79 Å². The smallest absolute Gasteiger partial charge is 0.410 e. The van der Waals surface area contributed by atoms with Gasteiger partial charge < -0.3 is 14.7 Å². The third-order valence-electron chi connectivity index (χ3n) is 5.10. The zero-order valence-corrected chi connectivity index (χ0v) is 17.4. The van der Waals surface area contributed by atoms with Gasteiger partial charge in [-0.1, -0.05) is 43.2 Å². The van der Waals surface area contributed by atoms with E-state index in [0.29, 0.717) is 6.54 Å². The quantitative estimate of drug-likeness (QED) is 0.702. The number of aromatic carboxylic acids is 1. The Bertz CT molecular complexity index is 884. The van der Waals surface area contributed by atoms with E-state index in [1.165, 1.54) is 0 Å². The lowest BCUT2D eigenvalue weighted by atomic mass is 9.95. The molecule has 154 valence electrons. The van der Waals surface area contributed by atoms with Crippen LogP contribution < -0.4 is 0 Å². The number of likely N-dealkylation sites (tertiary alicyclic amines) is 1. The SMILES string of the molecule is CC(C)(C)OC(=O)N1CCCCCC1c1cccc(-c2cccc(C(=O)O)c2)c1. The van der Waals surface area contributed by atoms with E-state index >= 15 is 0 Å². The number of ether oxygens (including phenoxy) is 1. The third-order valence-corrected chi connectivity index (χ3v) is 5.10. The summed E-state index contributed by atoms with van der Waals surface area (Å²) < 4.78 is 5.66. The summed E-state index contributed by atoms with van der Waals surface area (Å²) in [4.78, 5) is 26.0. The van der Waals surface area contributed by atoms with E-state index in [-0.39, 0.29) is 17.7 Å². The molecule has 1 atom stereocenters. The molecule has 2 aromatic rings. The lowest BCUT2D eigenvalue weighted by molar-refractivity contribution is 0.0163. The molecule has 1 unspecified atom stereocenters. The Labute approximate surface area is 172 Å². The van der Waals surface area contributed by atoms with Gasteiger partial charge in [-0.2, -0.15) is 0 Å². The molecule has 1 heterocycles. The molecule has 1 saturated heterocycles. The number of benzene rings is 2. The highest BCUT2D eigenvalue weighted by Crippen LogP contribution is 2.33. The Hall–Kier alpha value is -2.82. The molecule has 0 spiro atoms. The largest absolute Gasteiger partial charge is 0.478 e. The van der Waals surface area contributed by atoms with Gasteiger partial charge in [0.2, 0.25) is 0 Å². The number of amides is 1. The van der Waals surface area contributed by atoms with E-state index in [2.05, 4.69) is 6.07 Å². The fourth-order valence-corrected chi connectivity index (χ4v) is 3.75. The second kappa shape index (κ2) is 8.68. The fourth-order valence-electron chi connectivity index (χ4n) is 3.75. The summed E-state index contributed by atoms with van der Waals surface area (Å²) in [6.07, 6.45) is 3.73. The normalized spacial score (nSPS) is 17.5. The van der Waals surface area contributed by atoms with Crippen molar-refractivity contribution in [3.8, 4) is 11.1 Å². The molecular weight excluding hydrogens is 366 g/mol. The van der Waals surface area contributed by atoms with Crippen LogP contribution in [0.25, 0.3) is 11.1 Å². The van der Waals surface area contributed by atoms with Crippen LogP contribution in [0.5, 0.6) is 0 Å². The molecule has 1 N–H and O–H groups in total. The fraction of sp³-hybridized carbons (Fsp3) is 0.417. The molecule has 1 aliphatic rings. The van der Waals surface area contributed by atoms with Crippen molar-refractivity contribution >= 4 is 12.1 Å². The molecule has 1 amide bonds. The van der Waals surface area contributed by atoms with Crippen molar-refractivity contribution in [2.24, 2.45) is 0 Å². The minimum absolute atomic E-state index is 0.0463. The van der Waals surface area contributed by atoms with Crippen molar-refractivity contribution in [3.63, 3.8) is 0 Å². The molecule has 5 nitrogen and oxygen atoms in total. The van der Waals surface area contributed by atoms with Gasteiger partial charge in [0, 0.05) is 6.54 Å². The van der Waals surface area contributed by atoms with Gasteiger partial charge in [0.25, 0.3) is 0 Å². The summed E-state index contributed by atoms with van der Waals surface area (Å²) in [7, 11) is 0. The molecule has 1 fully saturated rings. The minimum Gasteiger partial charge on any atom is -0.478 e. The Morgan fingerprint density at radius 3 is 2.38 bits per heavy atom. The number of carbonyl (C=O) groups excluding carboxylic acids is 1. The monoisotopic (exact) mass is 395 g/mol. The van der Waals surface area contributed by atoms with Crippen LogP contribution >= 0.6 is 0 Å². The molecule has 3 rings (SSSR count). The average molecular weight is 395 g/mol. The van der Waals surface area contributed by atoms with Gasteiger partial charge in [-0.15, -0.1) is 0 Å². The van der Waals surface area contributed by atoms with Crippen LogP contribution in [0.3, 0.4) is 0 Å². The maximum atomic E-state index is 12.9. The van der Waals surface area contributed by atoms with Crippen LogP contribution in [0, 0.1) is 0 Å². The lowest BCUT2D eigenvalue weighted by Gasteiger charge is -2.32. The first kappa shape index (κ1) is 20.9. The molecule has 0 aliphatic carbocycles. The number of hydrogen-bond acceptors (Lipinski definition) is 3. The van der Waals surface area contributed by atoms with Crippen molar-refractivity contribution in [1.29, 1.82) is 0 Å². The Morgan fingerprint density at radius 2 is 1.69 bits per heavy atom.